The lowest BCUT2D eigenvalue weighted by molar-refractivity contribution is -0.143. The highest BCUT2D eigenvalue weighted by atomic mass is 32.1. The highest BCUT2D eigenvalue weighted by molar-refractivity contribution is 7.17. The number of amides is 1. The normalized spacial score (nSPS) is 15.0. The maximum atomic E-state index is 13.0. The molecule has 1 unspecified atom stereocenters. The van der Waals surface area contributed by atoms with E-state index in [0.717, 1.165) is 36.8 Å². The van der Waals surface area contributed by atoms with Crippen molar-refractivity contribution in [3.63, 3.8) is 0 Å². The minimum atomic E-state index is -4.62. The van der Waals surface area contributed by atoms with Crippen LogP contribution in [0.2, 0.25) is 0 Å². The number of nitrogens with one attached hydrogen (secondary N) is 1. The molecule has 158 valence electrons. The number of hydrogen-bond acceptors (Lipinski definition) is 5. The minimum Gasteiger partial charge on any atom is -0.459 e. The van der Waals surface area contributed by atoms with Crippen molar-refractivity contribution in [2.45, 2.75) is 58.2 Å². The van der Waals surface area contributed by atoms with Gasteiger partial charge in [0, 0.05) is 18.0 Å². The molecule has 2 aromatic heterocycles. The van der Waals surface area contributed by atoms with E-state index in [1.54, 1.807) is 6.92 Å². The van der Waals surface area contributed by atoms with Crippen molar-refractivity contribution in [3.05, 3.63) is 33.5 Å². The molecular formula is C19H22F3N3O3S. The molecule has 0 bridgehead atoms. The molecule has 0 saturated carbocycles. The number of hydrogen-bond donors (Lipinski definition) is 1. The van der Waals surface area contributed by atoms with Crippen LogP contribution in [-0.2, 0) is 30.8 Å². The Balaban J connectivity index is 1.91. The Morgan fingerprint density at radius 1 is 1.34 bits per heavy atom. The average molecular weight is 429 g/mol. The number of aryl methyl sites for hydroxylation is 2. The molecule has 0 radical (unpaired) electrons. The number of rotatable bonds is 5. The van der Waals surface area contributed by atoms with Crippen LogP contribution in [-0.4, -0.2) is 27.8 Å². The summed E-state index contributed by atoms with van der Waals surface area (Å²) in [5.41, 5.74) is -0.218. The van der Waals surface area contributed by atoms with Gasteiger partial charge in [-0.15, -0.1) is 11.3 Å². The van der Waals surface area contributed by atoms with Crippen molar-refractivity contribution in [1.82, 2.24) is 9.78 Å². The summed E-state index contributed by atoms with van der Waals surface area (Å²) in [5.74, 6) is -1.32. The van der Waals surface area contributed by atoms with Gasteiger partial charge in [0.1, 0.15) is 10.7 Å². The monoisotopic (exact) mass is 429 g/mol. The quantitative estimate of drug-likeness (QED) is 0.706. The minimum absolute atomic E-state index is 0.282. The van der Waals surface area contributed by atoms with Crippen molar-refractivity contribution in [2.75, 3.05) is 5.32 Å². The molecule has 2 heterocycles. The fourth-order valence-electron chi connectivity index (χ4n) is 3.21. The van der Waals surface area contributed by atoms with E-state index in [1.165, 1.54) is 11.3 Å². The van der Waals surface area contributed by atoms with E-state index in [9.17, 15) is 22.8 Å². The molecule has 1 aliphatic rings. The number of halogens is 3. The van der Waals surface area contributed by atoms with Crippen molar-refractivity contribution in [3.8, 4) is 0 Å². The Morgan fingerprint density at radius 3 is 2.66 bits per heavy atom. The van der Waals surface area contributed by atoms with E-state index >= 15 is 0 Å². The van der Waals surface area contributed by atoms with Gasteiger partial charge in [-0.1, -0.05) is 6.92 Å². The number of carbonyl (C=O) groups excluding carboxylic acids is 2. The molecule has 29 heavy (non-hydrogen) atoms. The maximum Gasteiger partial charge on any atom is 0.433 e. The lowest BCUT2D eigenvalue weighted by Gasteiger charge is -2.15. The Labute approximate surface area is 170 Å². The highest BCUT2D eigenvalue weighted by Crippen LogP contribution is 2.39. The summed E-state index contributed by atoms with van der Waals surface area (Å²) in [6.07, 6.45) is -0.849. The van der Waals surface area contributed by atoms with Gasteiger partial charge in [0.25, 0.3) is 5.91 Å². The number of carbonyl (C=O) groups is 2. The zero-order valence-corrected chi connectivity index (χ0v) is 17.2. The zero-order valence-electron chi connectivity index (χ0n) is 16.4. The number of esters is 1. The van der Waals surface area contributed by atoms with Gasteiger partial charge in [0.2, 0.25) is 0 Å². The first-order chi connectivity index (χ1) is 13.6. The van der Waals surface area contributed by atoms with Gasteiger partial charge in [0.05, 0.1) is 11.7 Å². The Morgan fingerprint density at radius 2 is 2.03 bits per heavy atom. The summed E-state index contributed by atoms with van der Waals surface area (Å²) in [6.45, 7) is 3.67. The third-order valence-corrected chi connectivity index (χ3v) is 6.10. The first-order valence-electron chi connectivity index (χ1n) is 9.39. The number of anilines is 1. The first kappa shape index (κ1) is 21.4. The SMILES string of the molecule is CCC(C)OC(=O)c1c(NC(=O)c2cc(C(F)(F)F)n(C)n2)sc2c1CCCC2. The van der Waals surface area contributed by atoms with Gasteiger partial charge in [-0.2, -0.15) is 18.3 Å². The maximum absolute atomic E-state index is 13.0. The van der Waals surface area contributed by atoms with E-state index in [4.69, 9.17) is 4.74 Å². The van der Waals surface area contributed by atoms with E-state index < -0.39 is 23.7 Å². The predicted molar refractivity (Wildman–Crippen MR) is 102 cm³/mol. The molecule has 0 fully saturated rings. The number of fused-ring (bicyclic) bond motifs is 1. The van der Waals surface area contributed by atoms with Crippen molar-refractivity contribution >= 4 is 28.2 Å². The highest BCUT2D eigenvalue weighted by Gasteiger charge is 2.36. The van der Waals surface area contributed by atoms with E-state index in [-0.39, 0.29) is 11.8 Å². The standard InChI is InChI=1S/C19H22F3N3O3S/c1-4-10(2)28-18(27)15-11-7-5-6-8-13(11)29-17(15)23-16(26)12-9-14(19(20,21)22)25(3)24-12/h9-10H,4-8H2,1-3H3,(H,23,26). The molecule has 10 heteroatoms. The molecule has 0 aliphatic heterocycles. The summed E-state index contributed by atoms with van der Waals surface area (Å²) in [7, 11) is 1.12. The van der Waals surface area contributed by atoms with Crippen LogP contribution in [0.25, 0.3) is 0 Å². The fraction of sp³-hybridized carbons (Fsp3) is 0.526. The van der Waals surface area contributed by atoms with Crippen molar-refractivity contribution in [1.29, 1.82) is 0 Å². The summed E-state index contributed by atoms with van der Waals surface area (Å²) in [5, 5.41) is 6.55. The van der Waals surface area contributed by atoms with Gasteiger partial charge in [-0.3, -0.25) is 9.48 Å². The summed E-state index contributed by atoms with van der Waals surface area (Å²) < 4.78 is 45.0. The van der Waals surface area contributed by atoms with Crippen molar-refractivity contribution < 1.29 is 27.5 Å². The number of thiophene rings is 1. The topological polar surface area (TPSA) is 73.2 Å². The Bertz CT molecular complexity index is 933. The molecule has 1 aliphatic carbocycles. The van der Waals surface area contributed by atoms with Crippen LogP contribution < -0.4 is 5.32 Å². The van der Waals surface area contributed by atoms with Crippen LogP contribution in [0.5, 0.6) is 0 Å². The lowest BCUT2D eigenvalue weighted by atomic mass is 9.95. The average Bonchev–Trinajstić information content (AvgIpc) is 3.21. The molecule has 0 aromatic carbocycles. The summed E-state index contributed by atoms with van der Waals surface area (Å²) >= 11 is 1.27. The second kappa shape index (κ2) is 8.17. The molecule has 1 amide bonds. The second-order valence-electron chi connectivity index (χ2n) is 7.03. The largest absolute Gasteiger partial charge is 0.459 e. The number of aromatic nitrogens is 2. The molecule has 1 atom stereocenters. The zero-order chi connectivity index (χ0) is 21.3. The summed E-state index contributed by atoms with van der Waals surface area (Å²) in [4.78, 5) is 26.3. The third-order valence-electron chi connectivity index (χ3n) is 4.89. The third kappa shape index (κ3) is 4.47. The summed E-state index contributed by atoms with van der Waals surface area (Å²) in [6, 6.07) is 0.694. The molecule has 0 saturated heterocycles. The van der Waals surface area contributed by atoms with Crippen LogP contribution >= 0.6 is 11.3 Å². The Hall–Kier alpha value is -2.36. The van der Waals surface area contributed by atoms with Crippen LogP contribution in [0.15, 0.2) is 6.07 Å². The number of nitrogens with zero attached hydrogens (tertiary/aromatic N) is 2. The van der Waals surface area contributed by atoms with Crippen LogP contribution in [0, 0.1) is 0 Å². The molecule has 2 aromatic rings. The molecule has 1 N–H and O–H groups in total. The lowest BCUT2D eigenvalue weighted by Crippen LogP contribution is -2.19. The first-order valence-corrected chi connectivity index (χ1v) is 10.2. The van der Waals surface area contributed by atoms with Gasteiger partial charge in [-0.25, -0.2) is 4.79 Å². The van der Waals surface area contributed by atoms with Gasteiger partial charge in [0.15, 0.2) is 5.69 Å². The smallest absolute Gasteiger partial charge is 0.433 e. The fourth-order valence-corrected chi connectivity index (χ4v) is 4.48. The Kier molecular flexibility index (Phi) is 6.02. The predicted octanol–water partition coefficient (Wildman–Crippen LogP) is 4.59. The van der Waals surface area contributed by atoms with Gasteiger partial charge in [-0.05, 0) is 44.6 Å². The second-order valence-corrected chi connectivity index (χ2v) is 8.13. The number of alkyl halides is 3. The van der Waals surface area contributed by atoms with Gasteiger partial charge >= 0.3 is 12.1 Å². The number of ether oxygens (including phenoxy) is 1. The van der Waals surface area contributed by atoms with E-state index in [1.807, 2.05) is 6.92 Å². The van der Waals surface area contributed by atoms with Crippen molar-refractivity contribution in [2.24, 2.45) is 7.05 Å². The molecular weight excluding hydrogens is 407 g/mol. The van der Waals surface area contributed by atoms with Crippen LogP contribution in [0.3, 0.4) is 0 Å². The van der Waals surface area contributed by atoms with E-state index in [0.29, 0.717) is 34.2 Å². The van der Waals surface area contributed by atoms with Gasteiger partial charge < -0.3 is 10.1 Å². The van der Waals surface area contributed by atoms with Crippen LogP contribution in [0.1, 0.15) is 70.1 Å². The molecule has 6 nitrogen and oxygen atoms in total. The molecule has 0 spiro atoms. The van der Waals surface area contributed by atoms with E-state index in [2.05, 4.69) is 10.4 Å². The van der Waals surface area contributed by atoms with Crippen LogP contribution in [0.4, 0.5) is 18.2 Å². The molecule has 3 rings (SSSR count).